The molecular weight excluding hydrogens is 240 g/mol. The molecule has 1 saturated heterocycles. The quantitative estimate of drug-likeness (QED) is 0.843. The van der Waals surface area contributed by atoms with Gasteiger partial charge in [-0.3, -0.25) is 9.59 Å². The Morgan fingerprint density at radius 3 is 2.74 bits per heavy atom. The highest BCUT2D eigenvalue weighted by Crippen LogP contribution is 2.40. The first kappa shape index (κ1) is 14.4. The van der Waals surface area contributed by atoms with Gasteiger partial charge in [0.05, 0.1) is 11.8 Å². The first-order valence-electron chi connectivity index (χ1n) is 7.62. The predicted molar refractivity (Wildman–Crippen MR) is 74.5 cm³/mol. The summed E-state index contributed by atoms with van der Waals surface area (Å²) in [6.45, 7) is 7.99. The molecule has 19 heavy (non-hydrogen) atoms. The van der Waals surface area contributed by atoms with Crippen LogP contribution in [0.15, 0.2) is 0 Å². The van der Waals surface area contributed by atoms with Crippen LogP contribution < -0.4 is 5.32 Å². The number of hydrogen-bond acceptors (Lipinski definition) is 2. The molecular formula is C15H26N2O2. The Hall–Kier alpha value is -1.06. The number of nitrogens with zero attached hydrogens (tertiary/aromatic N) is 1. The van der Waals surface area contributed by atoms with E-state index in [1.54, 1.807) is 0 Å². The first-order chi connectivity index (χ1) is 9.02. The fourth-order valence-electron chi connectivity index (χ4n) is 2.83. The lowest BCUT2D eigenvalue weighted by molar-refractivity contribution is -0.136. The number of piperidine rings is 1. The molecule has 1 saturated carbocycles. The zero-order valence-electron chi connectivity index (χ0n) is 12.3. The SMILES string of the molecule is CCC(C)NC(=O)C1CC1C(=O)N1CCCC(C)C1. The molecule has 0 radical (unpaired) electrons. The summed E-state index contributed by atoms with van der Waals surface area (Å²) in [5.41, 5.74) is 0. The summed E-state index contributed by atoms with van der Waals surface area (Å²) < 4.78 is 0. The van der Waals surface area contributed by atoms with E-state index in [1.807, 2.05) is 11.8 Å². The second kappa shape index (κ2) is 5.93. The zero-order valence-corrected chi connectivity index (χ0v) is 12.3. The van der Waals surface area contributed by atoms with Crippen molar-refractivity contribution in [3.63, 3.8) is 0 Å². The predicted octanol–water partition coefficient (Wildman–Crippen LogP) is 1.80. The molecule has 2 fully saturated rings. The van der Waals surface area contributed by atoms with Crippen LogP contribution in [-0.4, -0.2) is 35.8 Å². The molecule has 0 aromatic carbocycles. The van der Waals surface area contributed by atoms with E-state index in [0.29, 0.717) is 5.92 Å². The molecule has 2 rings (SSSR count). The number of likely N-dealkylation sites (tertiary alicyclic amines) is 1. The summed E-state index contributed by atoms with van der Waals surface area (Å²) in [7, 11) is 0. The van der Waals surface area contributed by atoms with Crippen LogP contribution in [0.1, 0.15) is 46.5 Å². The molecule has 4 atom stereocenters. The lowest BCUT2D eigenvalue weighted by Gasteiger charge is -2.31. The van der Waals surface area contributed by atoms with Gasteiger partial charge in [0.15, 0.2) is 0 Å². The van der Waals surface area contributed by atoms with E-state index in [1.165, 1.54) is 6.42 Å². The van der Waals surface area contributed by atoms with Crippen LogP contribution in [0.4, 0.5) is 0 Å². The van der Waals surface area contributed by atoms with Gasteiger partial charge in [-0.25, -0.2) is 0 Å². The molecule has 2 amide bonds. The van der Waals surface area contributed by atoms with Crippen molar-refractivity contribution in [1.82, 2.24) is 10.2 Å². The molecule has 1 heterocycles. The van der Waals surface area contributed by atoms with E-state index >= 15 is 0 Å². The smallest absolute Gasteiger partial charge is 0.226 e. The van der Waals surface area contributed by atoms with Gasteiger partial charge in [0.25, 0.3) is 0 Å². The van der Waals surface area contributed by atoms with Gasteiger partial charge in [-0.05, 0) is 38.5 Å². The van der Waals surface area contributed by atoms with Crippen molar-refractivity contribution in [3.8, 4) is 0 Å². The summed E-state index contributed by atoms with van der Waals surface area (Å²) in [6.07, 6.45) is 3.99. The fraction of sp³-hybridized carbons (Fsp3) is 0.867. The van der Waals surface area contributed by atoms with E-state index in [4.69, 9.17) is 0 Å². The van der Waals surface area contributed by atoms with Gasteiger partial charge in [-0.15, -0.1) is 0 Å². The van der Waals surface area contributed by atoms with Crippen LogP contribution >= 0.6 is 0 Å². The van der Waals surface area contributed by atoms with Crippen molar-refractivity contribution in [2.75, 3.05) is 13.1 Å². The highest BCUT2D eigenvalue weighted by Gasteiger charge is 2.49. The fourth-order valence-corrected chi connectivity index (χ4v) is 2.83. The minimum atomic E-state index is -0.0706. The average molecular weight is 266 g/mol. The van der Waals surface area contributed by atoms with Gasteiger partial charge in [0, 0.05) is 19.1 Å². The van der Waals surface area contributed by atoms with E-state index < -0.39 is 0 Å². The highest BCUT2D eigenvalue weighted by molar-refractivity contribution is 5.92. The zero-order chi connectivity index (χ0) is 14.0. The number of carbonyl (C=O) groups excluding carboxylic acids is 2. The number of carbonyl (C=O) groups is 2. The normalized spacial score (nSPS) is 31.7. The average Bonchev–Trinajstić information content (AvgIpc) is 3.18. The Balaban J connectivity index is 1.81. The molecule has 1 aliphatic heterocycles. The number of amides is 2. The molecule has 1 aliphatic carbocycles. The van der Waals surface area contributed by atoms with Crippen molar-refractivity contribution in [2.45, 2.75) is 52.5 Å². The van der Waals surface area contributed by atoms with Crippen LogP contribution in [0.2, 0.25) is 0 Å². The Morgan fingerprint density at radius 1 is 1.37 bits per heavy atom. The van der Waals surface area contributed by atoms with Crippen molar-refractivity contribution < 1.29 is 9.59 Å². The van der Waals surface area contributed by atoms with Gasteiger partial charge < -0.3 is 10.2 Å². The van der Waals surface area contributed by atoms with E-state index in [2.05, 4.69) is 19.2 Å². The molecule has 4 unspecified atom stereocenters. The second-order valence-electron chi connectivity index (χ2n) is 6.30. The maximum absolute atomic E-state index is 12.3. The Labute approximate surface area is 115 Å². The van der Waals surface area contributed by atoms with Crippen molar-refractivity contribution >= 4 is 11.8 Å². The minimum absolute atomic E-state index is 0.0469. The summed E-state index contributed by atoms with van der Waals surface area (Å²) in [5.74, 6) is 0.755. The maximum Gasteiger partial charge on any atom is 0.226 e. The van der Waals surface area contributed by atoms with Crippen molar-refractivity contribution in [3.05, 3.63) is 0 Å². The summed E-state index contributed by atoms with van der Waals surface area (Å²) in [5, 5.41) is 2.98. The summed E-state index contributed by atoms with van der Waals surface area (Å²) >= 11 is 0. The Morgan fingerprint density at radius 2 is 2.11 bits per heavy atom. The van der Waals surface area contributed by atoms with Gasteiger partial charge in [0.2, 0.25) is 11.8 Å². The van der Waals surface area contributed by atoms with Crippen LogP contribution in [-0.2, 0) is 9.59 Å². The van der Waals surface area contributed by atoms with Gasteiger partial charge in [0.1, 0.15) is 0 Å². The first-order valence-corrected chi connectivity index (χ1v) is 7.62. The molecule has 0 aromatic rings. The van der Waals surface area contributed by atoms with Gasteiger partial charge in [-0.1, -0.05) is 13.8 Å². The van der Waals surface area contributed by atoms with Crippen LogP contribution in [0.3, 0.4) is 0 Å². The van der Waals surface area contributed by atoms with Crippen LogP contribution in [0.5, 0.6) is 0 Å². The summed E-state index contributed by atoms with van der Waals surface area (Å²) in [4.78, 5) is 26.2. The molecule has 0 bridgehead atoms. The topological polar surface area (TPSA) is 49.4 Å². The van der Waals surface area contributed by atoms with Crippen LogP contribution in [0.25, 0.3) is 0 Å². The number of nitrogens with one attached hydrogen (secondary N) is 1. The molecule has 4 nitrogen and oxygen atoms in total. The third kappa shape index (κ3) is 3.48. The van der Waals surface area contributed by atoms with Crippen molar-refractivity contribution in [2.24, 2.45) is 17.8 Å². The largest absolute Gasteiger partial charge is 0.353 e. The Kier molecular flexibility index (Phi) is 4.48. The monoisotopic (exact) mass is 266 g/mol. The number of rotatable bonds is 4. The lowest BCUT2D eigenvalue weighted by atomic mass is 10.00. The van der Waals surface area contributed by atoms with Crippen molar-refractivity contribution in [1.29, 1.82) is 0 Å². The van der Waals surface area contributed by atoms with E-state index in [0.717, 1.165) is 32.4 Å². The molecule has 1 N–H and O–H groups in total. The molecule has 2 aliphatic rings. The highest BCUT2D eigenvalue weighted by atomic mass is 16.2. The standard InChI is InChI=1S/C15H26N2O2/c1-4-11(3)16-14(18)12-8-13(12)15(19)17-7-5-6-10(2)9-17/h10-13H,4-9H2,1-3H3,(H,16,18). The minimum Gasteiger partial charge on any atom is -0.353 e. The summed E-state index contributed by atoms with van der Waals surface area (Å²) in [6, 6.07) is 0.207. The molecule has 108 valence electrons. The maximum atomic E-state index is 12.3. The van der Waals surface area contributed by atoms with Gasteiger partial charge in [-0.2, -0.15) is 0 Å². The van der Waals surface area contributed by atoms with Crippen LogP contribution in [0, 0.1) is 17.8 Å². The third-order valence-electron chi connectivity index (χ3n) is 4.41. The lowest BCUT2D eigenvalue weighted by Crippen LogP contribution is -2.41. The van der Waals surface area contributed by atoms with E-state index in [-0.39, 0.29) is 29.7 Å². The second-order valence-corrected chi connectivity index (χ2v) is 6.30. The number of hydrogen-bond donors (Lipinski definition) is 1. The van der Waals surface area contributed by atoms with Gasteiger partial charge >= 0.3 is 0 Å². The third-order valence-corrected chi connectivity index (χ3v) is 4.41. The molecule has 0 aromatic heterocycles. The Bertz CT molecular complexity index is 356. The molecule has 0 spiro atoms. The van der Waals surface area contributed by atoms with E-state index in [9.17, 15) is 9.59 Å². The molecule has 4 heteroatoms.